The lowest BCUT2D eigenvalue weighted by Crippen LogP contribution is -2.35. The number of esters is 1. The van der Waals surface area contributed by atoms with Crippen LogP contribution in [0.1, 0.15) is 16.6 Å². The van der Waals surface area contributed by atoms with Gasteiger partial charge in [-0.05, 0) is 18.4 Å². The lowest BCUT2D eigenvalue weighted by Gasteiger charge is -2.11. The number of carbonyl (C=O) groups is 1. The van der Waals surface area contributed by atoms with E-state index in [1.54, 1.807) is 0 Å². The van der Waals surface area contributed by atoms with Gasteiger partial charge in [0.05, 0.1) is 13.7 Å². The second-order valence-electron chi connectivity index (χ2n) is 3.31. The molecule has 0 amide bonds. The Morgan fingerprint density at radius 1 is 1.65 bits per heavy atom. The molecule has 1 atom stereocenters. The first-order valence-electron chi connectivity index (χ1n) is 4.71. The van der Waals surface area contributed by atoms with E-state index in [0.717, 1.165) is 11.3 Å². The number of aliphatic hydroxyl groups is 1. The summed E-state index contributed by atoms with van der Waals surface area (Å²) in [5.74, 6) is -0.697. The molecule has 1 aromatic heterocycles. The minimum atomic E-state index is -3.81. The van der Waals surface area contributed by atoms with Crippen molar-refractivity contribution in [3.05, 3.63) is 16.3 Å². The van der Waals surface area contributed by atoms with Crippen molar-refractivity contribution in [3.63, 3.8) is 0 Å². The second kappa shape index (κ2) is 5.58. The molecule has 0 saturated carbocycles. The summed E-state index contributed by atoms with van der Waals surface area (Å²) in [6.45, 7) is 1.19. The minimum Gasteiger partial charge on any atom is -0.465 e. The number of thiophene rings is 1. The van der Waals surface area contributed by atoms with E-state index >= 15 is 0 Å². The molecule has 1 heterocycles. The monoisotopic (exact) mass is 279 g/mol. The van der Waals surface area contributed by atoms with E-state index in [2.05, 4.69) is 9.46 Å². The summed E-state index contributed by atoms with van der Waals surface area (Å²) in [6, 6.07) is 0.703. The Morgan fingerprint density at radius 3 is 2.82 bits per heavy atom. The molecule has 17 heavy (non-hydrogen) atoms. The molecule has 0 aliphatic rings. The van der Waals surface area contributed by atoms with Crippen LogP contribution in [-0.4, -0.2) is 39.3 Å². The van der Waals surface area contributed by atoms with Gasteiger partial charge >= 0.3 is 5.97 Å². The van der Waals surface area contributed by atoms with Crippen molar-refractivity contribution < 1.29 is 23.1 Å². The van der Waals surface area contributed by atoms with Gasteiger partial charge in [-0.3, -0.25) is 0 Å². The number of methoxy groups -OCH3 is 1. The zero-order chi connectivity index (χ0) is 13.1. The molecular formula is C9H13NO5S2. The van der Waals surface area contributed by atoms with Crippen molar-refractivity contribution in [2.75, 3.05) is 13.7 Å². The van der Waals surface area contributed by atoms with Crippen LogP contribution < -0.4 is 4.72 Å². The molecule has 1 rings (SSSR count). The number of nitrogens with one attached hydrogen (secondary N) is 1. The van der Waals surface area contributed by atoms with Gasteiger partial charge in [0.25, 0.3) is 0 Å². The molecule has 8 heteroatoms. The van der Waals surface area contributed by atoms with Gasteiger partial charge in [-0.1, -0.05) is 0 Å². The maximum atomic E-state index is 11.9. The van der Waals surface area contributed by atoms with Crippen LogP contribution in [0, 0.1) is 0 Å². The lowest BCUT2D eigenvalue weighted by molar-refractivity contribution is 0.0602. The van der Waals surface area contributed by atoms with Crippen LogP contribution in [0.3, 0.4) is 0 Å². The van der Waals surface area contributed by atoms with Crippen molar-refractivity contribution in [2.24, 2.45) is 0 Å². The maximum Gasteiger partial charge on any atom is 0.349 e. The van der Waals surface area contributed by atoms with Gasteiger partial charge in [-0.25, -0.2) is 17.9 Å². The van der Waals surface area contributed by atoms with E-state index in [1.807, 2.05) is 0 Å². The highest BCUT2D eigenvalue weighted by Crippen LogP contribution is 2.22. The largest absolute Gasteiger partial charge is 0.465 e. The number of hydrogen-bond donors (Lipinski definition) is 2. The fourth-order valence-electron chi connectivity index (χ4n) is 1.12. The number of ether oxygens (including phenoxy) is 1. The number of hydrogen-bond acceptors (Lipinski definition) is 6. The predicted molar refractivity (Wildman–Crippen MR) is 62.5 cm³/mol. The van der Waals surface area contributed by atoms with Gasteiger partial charge in [-0.2, -0.15) is 0 Å². The Hall–Kier alpha value is -0.960. The summed E-state index contributed by atoms with van der Waals surface area (Å²) in [7, 11) is -2.63. The highest BCUT2D eigenvalue weighted by Gasteiger charge is 2.25. The molecule has 6 nitrogen and oxygen atoms in total. The van der Waals surface area contributed by atoms with Crippen molar-refractivity contribution in [1.82, 2.24) is 4.72 Å². The molecule has 0 spiro atoms. The molecule has 0 fully saturated rings. The van der Waals surface area contributed by atoms with Crippen molar-refractivity contribution in [2.45, 2.75) is 17.9 Å². The molecule has 0 aliphatic heterocycles. The third kappa shape index (κ3) is 3.25. The first-order valence-corrected chi connectivity index (χ1v) is 7.07. The number of aliphatic hydroxyl groups excluding tert-OH is 1. The van der Waals surface area contributed by atoms with E-state index in [0.29, 0.717) is 0 Å². The van der Waals surface area contributed by atoms with Crippen LogP contribution in [0.25, 0.3) is 0 Å². The fraction of sp³-hybridized carbons (Fsp3) is 0.444. The summed E-state index contributed by atoms with van der Waals surface area (Å²) in [5.41, 5.74) is 0. The average Bonchev–Trinajstić information content (AvgIpc) is 2.76. The Labute approximate surface area is 103 Å². The fourth-order valence-corrected chi connectivity index (χ4v) is 3.69. The number of carbonyl (C=O) groups excluding carboxylic acids is 1. The summed E-state index contributed by atoms with van der Waals surface area (Å²) in [4.78, 5) is 11.2. The molecule has 96 valence electrons. The molecule has 0 aromatic carbocycles. The maximum absolute atomic E-state index is 11.9. The van der Waals surface area contributed by atoms with E-state index in [-0.39, 0.29) is 16.4 Å². The summed E-state index contributed by atoms with van der Waals surface area (Å²) < 4.78 is 30.5. The van der Waals surface area contributed by atoms with Crippen LogP contribution in [0.5, 0.6) is 0 Å². The average molecular weight is 279 g/mol. The smallest absolute Gasteiger partial charge is 0.349 e. The van der Waals surface area contributed by atoms with Gasteiger partial charge in [0.1, 0.15) is 9.77 Å². The second-order valence-corrected chi connectivity index (χ2v) is 5.91. The summed E-state index contributed by atoms with van der Waals surface area (Å²) in [5, 5.41) is 10.3. The van der Waals surface area contributed by atoms with E-state index in [4.69, 9.17) is 5.11 Å². The van der Waals surface area contributed by atoms with Crippen LogP contribution in [0.2, 0.25) is 0 Å². The third-order valence-corrected chi connectivity index (χ3v) is 4.58. The van der Waals surface area contributed by atoms with Gasteiger partial charge < -0.3 is 9.84 Å². The lowest BCUT2D eigenvalue weighted by atomic mass is 10.4. The Morgan fingerprint density at radius 2 is 2.29 bits per heavy atom. The SMILES string of the molecule is COC(=O)c1sccc1S(=O)(=O)NC(C)CO. The van der Waals surface area contributed by atoms with Gasteiger partial charge in [0.2, 0.25) is 10.0 Å². The van der Waals surface area contributed by atoms with Crippen LogP contribution >= 0.6 is 11.3 Å². The molecule has 0 saturated heterocycles. The number of sulfonamides is 1. The quantitative estimate of drug-likeness (QED) is 0.751. The minimum absolute atomic E-state index is 0.0186. The Balaban J connectivity index is 3.08. The highest BCUT2D eigenvalue weighted by atomic mass is 32.2. The topological polar surface area (TPSA) is 92.7 Å². The van der Waals surface area contributed by atoms with Gasteiger partial charge in [0.15, 0.2) is 0 Å². The van der Waals surface area contributed by atoms with E-state index in [1.165, 1.54) is 25.5 Å². The van der Waals surface area contributed by atoms with Crippen molar-refractivity contribution in [3.8, 4) is 0 Å². The molecular weight excluding hydrogens is 266 g/mol. The van der Waals surface area contributed by atoms with Crippen molar-refractivity contribution in [1.29, 1.82) is 0 Å². The van der Waals surface area contributed by atoms with Crippen LogP contribution in [-0.2, 0) is 14.8 Å². The van der Waals surface area contributed by atoms with Gasteiger partial charge in [-0.15, -0.1) is 11.3 Å². The van der Waals surface area contributed by atoms with Crippen LogP contribution in [0.15, 0.2) is 16.3 Å². The molecule has 2 N–H and O–H groups in total. The first kappa shape index (κ1) is 14.1. The van der Waals surface area contributed by atoms with E-state index < -0.39 is 22.0 Å². The zero-order valence-corrected chi connectivity index (χ0v) is 11.0. The molecule has 1 aromatic rings. The predicted octanol–water partition coefficient (Wildman–Crippen LogP) is 0.194. The standard InChI is InChI=1S/C9H13NO5S2/c1-6(5-11)10-17(13,14)7-3-4-16-8(7)9(12)15-2/h3-4,6,10-11H,5H2,1-2H3. The summed E-state index contributed by atoms with van der Waals surface area (Å²) in [6.07, 6.45) is 0. The highest BCUT2D eigenvalue weighted by molar-refractivity contribution is 7.89. The summed E-state index contributed by atoms with van der Waals surface area (Å²) >= 11 is 0.988. The van der Waals surface area contributed by atoms with Gasteiger partial charge in [0, 0.05) is 6.04 Å². The molecule has 0 radical (unpaired) electrons. The first-order chi connectivity index (χ1) is 7.92. The molecule has 1 unspecified atom stereocenters. The number of rotatable bonds is 5. The Bertz CT molecular complexity index is 493. The van der Waals surface area contributed by atoms with Crippen LogP contribution in [0.4, 0.5) is 0 Å². The molecule has 0 aliphatic carbocycles. The zero-order valence-electron chi connectivity index (χ0n) is 9.34. The van der Waals surface area contributed by atoms with E-state index in [9.17, 15) is 13.2 Å². The van der Waals surface area contributed by atoms with Crippen molar-refractivity contribution >= 4 is 27.3 Å². The Kier molecular flexibility index (Phi) is 4.63. The third-order valence-electron chi connectivity index (χ3n) is 1.92. The normalized spacial score (nSPS) is 13.4. The molecule has 0 bridgehead atoms.